The maximum atomic E-state index is 6.16. The number of piperidine rings is 3. The summed E-state index contributed by atoms with van der Waals surface area (Å²) in [5, 5.41) is 20.4. The standard InChI is InChI=1S/2C25H37N3O2.C21H31N3O2.2ClH/c2*1-27(2)16-22-24(29-17-20-5-6-20)10-8-21-23(26-30-25(21)22)9-7-18-11-13-28(14-12-18)15-19-3-4-19;1-24(2)13-18-20(25-14-16-3-4-16)8-6-17-19(23-26-21(17)18)7-5-15-9-11-22-12-10-15;;/h2*8,10,18-20H,3-7,9,11-17H2,1-2H3;6,8,15-16,22H,3-5,7,9-14H2,1-2H3;2*1H. The summed E-state index contributed by atoms with van der Waals surface area (Å²) in [6.07, 6.45) is 28.3. The Morgan fingerprint density at radius 2 is 0.693 bits per heavy atom. The van der Waals surface area contributed by atoms with Crippen LogP contribution in [-0.4, -0.2) is 154 Å². The van der Waals surface area contributed by atoms with Gasteiger partial charge in [0.15, 0.2) is 16.7 Å². The summed E-state index contributed by atoms with van der Waals surface area (Å²) >= 11 is 0. The molecule has 1 N–H and O–H groups in total. The first-order chi connectivity index (χ1) is 42.0. The van der Waals surface area contributed by atoms with Gasteiger partial charge in [-0.05, 0) is 307 Å². The van der Waals surface area contributed by atoms with E-state index in [1.165, 1.54) is 172 Å². The lowest BCUT2D eigenvalue weighted by Crippen LogP contribution is -2.35. The summed E-state index contributed by atoms with van der Waals surface area (Å²) in [6.45, 7) is 15.0. The first kappa shape index (κ1) is 66.7. The maximum absolute atomic E-state index is 6.16. The van der Waals surface area contributed by atoms with Crippen LogP contribution in [-0.2, 0) is 38.9 Å². The highest BCUT2D eigenvalue weighted by atomic mass is 35.5. The van der Waals surface area contributed by atoms with E-state index in [9.17, 15) is 0 Å². The highest BCUT2D eigenvalue weighted by Gasteiger charge is 2.31. The summed E-state index contributed by atoms with van der Waals surface area (Å²) in [5.41, 5.74) is 9.53. The van der Waals surface area contributed by atoms with Gasteiger partial charge in [0, 0.05) is 48.9 Å². The highest BCUT2D eigenvalue weighted by molar-refractivity contribution is 5.87. The van der Waals surface area contributed by atoms with Crippen molar-refractivity contribution in [1.82, 2.24) is 45.3 Å². The molecule has 5 aliphatic carbocycles. The van der Waals surface area contributed by atoms with Gasteiger partial charge in [-0.25, -0.2) is 0 Å². The van der Waals surface area contributed by atoms with Crippen molar-refractivity contribution in [1.29, 1.82) is 0 Å². The molecule has 0 bridgehead atoms. The van der Waals surface area contributed by atoms with Gasteiger partial charge in [-0.2, -0.15) is 0 Å². The normalized spacial score (nSPS) is 19.9. The predicted molar refractivity (Wildman–Crippen MR) is 358 cm³/mol. The molecule has 0 spiro atoms. The Morgan fingerprint density at radius 1 is 0.398 bits per heavy atom. The lowest BCUT2D eigenvalue weighted by molar-refractivity contribution is 0.173. The van der Waals surface area contributed by atoms with Gasteiger partial charge in [-0.15, -0.1) is 24.8 Å². The Hall–Kier alpha value is -4.19. The van der Waals surface area contributed by atoms with Crippen LogP contribution in [0.5, 0.6) is 17.2 Å². The molecule has 3 aromatic heterocycles. The second-order valence-electron chi connectivity index (χ2n) is 28.8. The van der Waals surface area contributed by atoms with Crippen LogP contribution in [0, 0.1) is 47.3 Å². The van der Waals surface area contributed by atoms with E-state index in [-0.39, 0.29) is 24.8 Å². The third kappa shape index (κ3) is 19.2. The van der Waals surface area contributed by atoms with Crippen LogP contribution in [0.3, 0.4) is 0 Å². The third-order valence-electron chi connectivity index (χ3n) is 19.9. The average molecular weight is 1250 g/mol. The molecule has 0 amide bonds. The van der Waals surface area contributed by atoms with E-state index >= 15 is 0 Å². The first-order valence-electron chi connectivity index (χ1n) is 34.2. The van der Waals surface area contributed by atoms with Crippen LogP contribution in [0.2, 0.25) is 0 Å². The Bertz CT molecular complexity index is 2940. The number of halogens is 2. The Kier molecular flexibility index (Phi) is 24.2. The zero-order valence-corrected chi connectivity index (χ0v) is 56.0. The lowest BCUT2D eigenvalue weighted by atomic mass is 9.91. The van der Waals surface area contributed by atoms with Crippen molar-refractivity contribution in [2.24, 2.45) is 47.3 Å². The van der Waals surface area contributed by atoms with Crippen molar-refractivity contribution in [2.45, 2.75) is 161 Å². The number of rotatable bonds is 28. The molecule has 3 aromatic carbocycles. The minimum Gasteiger partial charge on any atom is -0.493 e. The van der Waals surface area contributed by atoms with E-state index in [4.69, 9.17) is 27.8 Å². The molecule has 3 aliphatic heterocycles. The van der Waals surface area contributed by atoms with Crippen LogP contribution in [0.4, 0.5) is 0 Å². The SMILES string of the molecule is CN(C)Cc1c(OCC2CC2)ccc2c(CCC3CCN(CC4CC4)CC3)noc12.CN(C)Cc1c(OCC2CC2)ccc2c(CCC3CCN(CC4CC4)CC3)noc12.CN(C)Cc1c(OCC2CC2)ccc2c(CCC3CCNCC3)noc12.Cl.Cl. The van der Waals surface area contributed by atoms with Gasteiger partial charge < -0.3 is 57.6 Å². The van der Waals surface area contributed by atoms with Crippen LogP contribution >= 0.6 is 24.8 Å². The quantitative estimate of drug-likeness (QED) is 0.0499. The molecule has 15 nitrogen and oxygen atoms in total. The summed E-state index contributed by atoms with van der Waals surface area (Å²) < 4.78 is 36.0. The molecule has 3 saturated heterocycles. The molecule has 0 radical (unpaired) electrons. The van der Waals surface area contributed by atoms with E-state index in [1.54, 1.807) is 0 Å². The third-order valence-corrected chi connectivity index (χ3v) is 19.9. The van der Waals surface area contributed by atoms with Gasteiger partial charge in [0.25, 0.3) is 0 Å². The largest absolute Gasteiger partial charge is 0.493 e. The number of likely N-dealkylation sites (tertiary alicyclic amines) is 2. The van der Waals surface area contributed by atoms with E-state index in [1.807, 2.05) is 0 Å². The second kappa shape index (κ2) is 31.9. The van der Waals surface area contributed by atoms with Gasteiger partial charge in [0.05, 0.1) is 53.6 Å². The zero-order valence-electron chi connectivity index (χ0n) is 54.4. The minimum absolute atomic E-state index is 0. The number of hydrogen-bond acceptors (Lipinski definition) is 15. The number of ether oxygens (including phenoxy) is 3. The molecule has 88 heavy (non-hydrogen) atoms. The number of benzene rings is 3. The zero-order chi connectivity index (χ0) is 58.9. The molecule has 0 unspecified atom stereocenters. The van der Waals surface area contributed by atoms with Crippen molar-refractivity contribution in [3.63, 3.8) is 0 Å². The summed E-state index contributed by atoms with van der Waals surface area (Å²) in [7, 11) is 12.5. The predicted octanol–water partition coefficient (Wildman–Crippen LogP) is 13.9. The molecular formula is C71H107Cl2N9O6. The second-order valence-corrected chi connectivity index (χ2v) is 28.8. The van der Waals surface area contributed by atoms with E-state index < -0.39 is 0 Å². The maximum Gasteiger partial charge on any atom is 0.175 e. The van der Waals surface area contributed by atoms with E-state index in [0.29, 0.717) is 0 Å². The topological polar surface area (TPSA) is 134 Å². The molecule has 0 atom stereocenters. The summed E-state index contributed by atoms with van der Waals surface area (Å²) in [4.78, 5) is 11.9. The monoisotopic (exact) mass is 1250 g/mol. The van der Waals surface area contributed by atoms with Crippen molar-refractivity contribution in [3.8, 4) is 17.2 Å². The van der Waals surface area contributed by atoms with Gasteiger partial charge in [-0.3, -0.25) is 0 Å². The fourth-order valence-corrected chi connectivity index (χ4v) is 13.5. The minimum atomic E-state index is 0. The molecule has 5 saturated carbocycles. The average Bonchev–Trinajstić information content (AvgIpc) is 2.27. The Labute approximate surface area is 538 Å². The molecule has 6 aromatic rings. The van der Waals surface area contributed by atoms with E-state index in [2.05, 4.69) is 124 Å². The molecule has 17 heteroatoms. The Balaban J connectivity index is 0.000000145. The number of nitrogens with zero attached hydrogens (tertiary/aromatic N) is 8. The summed E-state index contributed by atoms with van der Waals surface area (Å²) in [6, 6.07) is 12.9. The van der Waals surface area contributed by atoms with Crippen LogP contribution in [0.15, 0.2) is 50.0 Å². The van der Waals surface area contributed by atoms with E-state index in [0.717, 1.165) is 192 Å². The lowest BCUT2D eigenvalue weighted by Gasteiger charge is -2.31. The molecule has 486 valence electrons. The fourth-order valence-electron chi connectivity index (χ4n) is 13.5. The van der Waals surface area contributed by atoms with Crippen molar-refractivity contribution in [3.05, 3.63) is 70.2 Å². The number of fused-ring (bicyclic) bond motifs is 3. The number of aryl methyl sites for hydroxylation is 3. The van der Waals surface area contributed by atoms with Crippen LogP contribution in [0.25, 0.3) is 32.9 Å². The number of nitrogens with one attached hydrogen (secondary N) is 1. The summed E-state index contributed by atoms with van der Waals surface area (Å²) in [5.74, 6) is 9.61. The van der Waals surface area contributed by atoms with Gasteiger partial charge in [0.2, 0.25) is 0 Å². The Morgan fingerprint density at radius 3 is 0.977 bits per heavy atom. The number of hydrogen-bond donors (Lipinski definition) is 1. The van der Waals surface area contributed by atoms with Crippen molar-refractivity contribution >= 4 is 57.7 Å². The molecule has 8 fully saturated rings. The number of aromatic nitrogens is 3. The fraction of sp³-hybridized carbons (Fsp3) is 0.704. The van der Waals surface area contributed by atoms with Crippen molar-refractivity contribution < 1.29 is 27.8 Å². The van der Waals surface area contributed by atoms with Gasteiger partial charge >= 0.3 is 0 Å². The molecule has 8 aliphatic rings. The van der Waals surface area contributed by atoms with Gasteiger partial charge in [-0.1, -0.05) is 15.5 Å². The van der Waals surface area contributed by atoms with Crippen molar-refractivity contribution in [2.75, 3.05) is 114 Å². The molecular weight excluding hydrogens is 1150 g/mol. The molecule has 6 heterocycles. The first-order valence-corrected chi connectivity index (χ1v) is 34.2. The van der Waals surface area contributed by atoms with Gasteiger partial charge in [0.1, 0.15) is 17.2 Å². The van der Waals surface area contributed by atoms with Crippen LogP contribution < -0.4 is 19.5 Å². The highest BCUT2D eigenvalue weighted by Crippen LogP contribution is 2.40. The molecule has 14 rings (SSSR count). The van der Waals surface area contributed by atoms with Crippen LogP contribution in [0.1, 0.15) is 156 Å². The smallest absolute Gasteiger partial charge is 0.175 e.